The number of nitrogens with one attached hydrogen (secondary N) is 3. The maximum absolute atomic E-state index is 13.4. The number of carbonyl (C=O) groups excluding carboxylic acids is 2. The first kappa shape index (κ1) is 27.7. The highest BCUT2D eigenvalue weighted by Gasteiger charge is 2.25. The Morgan fingerprint density at radius 3 is 2.35 bits per heavy atom. The van der Waals surface area contributed by atoms with Crippen molar-refractivity contribution in [2.24, 2.45) is 5.92 Å². The van der Waals surface area contributed by atoms with Crippen molar-refractivity contribution in [3.8, 4) is 0 Å². The van der Waals surface area contributed by atoms with Crippen LogP contribution in [0.15, 0.2) is 72.8 Å². The van der Waals surface area contributed by atoms with Crippen molar-refractivity contribution in [3.05, 3.63) is 89.5 Å². The van der Waals surface area contributed by atoms with Gasteiger partial charge in [-0.15, -0.1) is 0 Å². The van der Waals surface area contributed by atoms with Crippen LogP contribution in [0, 0.1) is 5.92 Å². The molecule has 1 unspecified atom stereocenters. The van der Waals surface area contributed by atoms with Crippen molar-refractivity contribution in [1.29, 1.82) is 0 Å². The first-order valence-electron chi connectivity index (χ1n) is 14.6. The average Bonchev–Trinajstić information content (AvgIpc) is 3.51. The summed E-state index contributed by atoms with van der Waals surface area (Å²) in [6.07, 6.45) is 6.18. The van der Waals surface area contributed by atoms with Crippen LogP contribution in [0.25, 0.3) is 0 Å². The summed E-state index contributed by atoms with van der Waals surface area (Å²) in [5.74, 6) is 0.489. The molecule has 0 bridgehead atoms. The standard InChI is InChI=1S/C33H40N4O3/c1-2-24-10-6-11-27(21-24)35-33(39)36-28-13-14-31(30(22-28)32(38)34-23-29-12-7-19-40-29)37-17-15-26(16-18-37)20-25-8-4-3-5-9-25/h3-6,8-11,13-14,21-22,26,29H,2,7,12,15-20,23H2,1H3,(H,34,38)(H2,35,36,39). The molecule has 0 saturated carbocycles. The van der Waals surface area contributed by atoms with E-state index in [0.29, 0.717) is 23.7 Å². The summed E-state index contributed by atoms with van der Waals surface area (Å²) in [6.45, 7) is 5.11. The van der Waals surface area contributed by atoms with E-state index < -0.39 is 0 Å². The number of rotatable bonds is 9. The number of aryl methyl sites for hydroxylation is 1. The molecular formula is C33H40N4O3. The van der Waals surface area contributed by atoms with Gasteiger partial charge in [-0.1, -0.05) is 49.4 Å². The predicted molar refractivity (Wildman–Crippen MR) is 161 cm³/mol. The highest BCUT2D eigenvalue weighted by atomic mass is 16.5. The zero-order valence-corrected chi connectivity index (χ0v) is 23.3. The molecule has 0 radical (unpaired) electrons. The summed E-state index contributed by atoms with van der Waals surface area (Å²) in [6, 6.07) is 23.8. The smallest absolute Gasteiger partial charge is 0.323 e. The third-order valence-electron chi connectivity index (χ3n) is 7.93. The maximum Gasteiger partial charge on any atom is 0.323 e. The lowest BCUT2D eigenvalue weighted by Gasteiger charge is -2.35. The minimum absolute atomic E-state index is 0.0621. The van der Waals surface area contributed by atoms with Gasteiger partial charge in [0, 0.05) is 43.3 Å². The monoisotopic (exact) mass is 540 g/mol. The number of benzene rings is 3. The molecule has 3 N–H and O–H groups in total. The molecule has 0 spiro atoms. The number of amides is 3. The number of ether oxygens (including phenoxy) is 1. The van der Waals surface area contributed by atoms with Crippen LogP contribution in [0.4, 0.5) is 21.9 Å². The summed E-state index contributed by atoms with van der Waals surface area (Å²) >= 11 is 0. The minimum atomic E-state index is -0.339. The molecule has 7 heteroatoms. The van der Waals surface area contributed by atoms with Gasteiger partial charge in [0.1, 0.15) is 0 Å². The molecule has 2 heterocycles. The molecule has 5 rings (SSSR count). The van der Waals surface area contributed by atoms with Gasteiger partial charge >= 0.3 is 6.03 Å². The largest absolute Gasteiger partial charge is 0.376 e. The van der Waals surface area contributed by atoms with Crippen molar-refractivity contribution in [3.63, 3.8) is 0 Å². The fraction of sp³-hybridized carbons (Fsp3) is 0.394. The molecule has 0 aliphatic carbocycles. The van der Waals surface area contributed by atoms with Gasteiger partial charge in [-0.3, -0.25) is 4.79 Å². The lowest BCUT2D eigenvalue weighted by Crippen LogP contribution is -2.37. The van der Waals surface area contributed by atoms with Gasteiger partial charge in [-0.25, -0.2) is 4.79 Å². The lowest BCUT2D eigenvalue weighted by molar-refractivity contribution is 0.0858. The molecule has 3 aromatic rings. The molecule has 40 heavy (non-hydrogen) atoms. The fourth-order valence-corrected chi connectivity index (χ4v) is 5.67. The second-order valence-electron chi connectivity index (χ2n) is 10.8. The Morgan fingerprint density at radius 2 is 1.62 bits per heavy atom. The summed E-state index contributed by atoms with van der Waals surface area (Å²) in [5.41, 5.74) is 5.33. The van der Waals surface area contributed by atoms with Crippen LogP contribution in [0.5, 0.6) is 0 Å². The number of anilines is 3. The van der Waals surface area contributed by atoms with E-state index in [9.17, 15) is 9.59 Å². The third-order valence-corrected chi connectivity index (χ3v) is 7.93. The molecule has 7 nitrogen and oxygen atoms in total. The van der Waals surface area contributed by atoms with Crippen molar-refractivity contribution in [1.82, 2.24) is 5.32 Å². The quantitative estimate of drug-likeness (QED) is 0.299. The Kier molecular flexibility index (Phi) is 9.34. The van der Waals surface area contributed by atoms with E-state index in [0.717, 1.165) is 75.2 Å². The minimum Gasteiger partial charge on any atom is -0.376 e. The SMILES string of the molecule is CCc1cccc(NC(=O)Nc2ccc(N3CCC(Cc4ccccc4)CC3)c(C(=O)NCC3CCCO3)c2)c1. The van der Waals surface area contributed by atoms with Crippen LogP contribution in [0.3, 0.4) is 0 Å². The molecule has 2 aliphatic rings. The zero-order chi connectivity index (χ0) is 27.7. The van der Waals surface area contributed by atoms with Gasteiger partial charge < -0.3 is 25.6 Å². The van der Waals surface area contributed by atoms with Crippen molar-refractivity contribution in [2.75, 3.05) is 41.8 Å². The number of carbonyl (C=O) groups is 2. The van der Waals surface area contributed by atoms with Gasteiger partial charge in [0.05, 0.1) is 11.7 Å². The van der Waals surface area contributed by atoms with E-state index in [2.05, 4.69) is 58.1 Å². The van der Waals surface area contributed by atoms with E-state index in [1.54, 1.807) is 6.07 Å². The van der Waals surface area contributed by atoms with Crippen LogP contribution in [-0.2, 0) is 17.6 Å². The third kappa shape index (κ3) is 7.42. The molecule has 2 fully saturated rings. The van der Waals surface area contributed by atoms with Crippen molar-refractivity contribution >= 4 is 29.0 Å². The normalized spacial score (nSPS) is 17.4. The first-order chi connectivity index (χ1) is 19.6. The van der Waals surface area contributed by atoms with Crippen LogP contribution in [0.2, 0.25) is 0 Å². The summed E-state index contributed by atoms with van der Waals surface area (Å²) in [4.78, 5) is 28.5. The van der Waals surface area contributed by atoms with Gasteiger partial charge in [-0.2, -0.15) is 0 Å². The van der Waals surface area contributed by atoms with Crippen LogP contribution < -0.4 is 20.9 Å². The van der Waals surface area contributed by atoms with Crippen LogP contribution >= 0.6 is 0 Å². The Balaban J connectivity index is 1.28. The molecule has 0 aromatic heterocycles. The molecule has 1 atom stereocenters. The topological polar surface area (TPSA) is 82.7 Å². The molecule has 210 valence electrons. The molecule has 3 aromatic carbocycles. The predicted octanol–water partition coefficient (Wildman–Crippen LogP) is 6.26. The Hall–Kier alpha value is -3.84. The Bertz CT molecular complexity index is 1280. The van der Waals surface area contributed by atoms with Crippen molar-refractivity contribution in [2.45, 2.75) is 51.6 Å². The van der Waals surface area contributed by atoms with Gasteiger partial charge in [0.25, 0.3) is 5.91 Å². The summed E-state index contributed by atoms with van der Waals surface area (Å²) in [7, 11) is 0. The van der Waals surface area contributed by atoms with Gasteiger partial charge in [0.2, 0.25) is 0 Å². The van der Waals surface area contributed by atoms with E-state index in [-0.39, 0.29) is 18.0 Å². The molecular weight excluding hydrogens is 500 g/mol. The Morgan fingerprint density at radius 1 is 0.875 bits per heavy atom. The van der Waals surface area contributed by atoms with E-state index in [4.69, 9.17) is 4.74 Å². The number of urea groups is 1. The van der Waals surface area contributed by atoms with Crippen LogP contribution in [-0.4, -0.2) is 44.3 Å². The number of hydrogen-bond donors (Lipinski definition) is 3. The van der Waals surface area contributed by atoms with E-state index in [1.165, 1.54) is 5.56 Å². The molecule has 2 saturated heterocycles. The Labute approximate surface area is 237 Å². The highest BCUT2D eigenvalue weighted by molar-refractivity contribution is 6.04. The second kappa shape index (κ2) is 13.5. The summed E-state index contributed by atoms with van der Waals surface area (Å²) < 4.78 is 5.71. The second-order valence-corrected chi connectivity index (χ2v) is 10.8. The first-order valence-corrected chi connectivity index (χ1v) is 14.6. The van der Waals surface area contributed by atoms with Crippen molar-refractivity contribution < 1.29 is 14.3 Å². The number of hydrogen-bond acceptors (Lipinski definition) is 4. The maximum atomic E-state index is 13.4. The van der Waals surface area contributed by atoms with E-state index >= 15 is 0 Å². The number of piperidine rings is 1. The average molecular weight is 541 g/mol. The van der Waals surface area contributed by atoms with E-state index in [1.807, 2.05) is 36.4 Å². The fourth-order valence-electron chi connectivity index (χ4n) is 5.67. The molecule has 3 amide bonds. The molecule has 2 aliphatic heterocycles. The van der Waals surface area contributed by atoms with Gasteiger partial charge in [0.15, 0.2) is 0 Å². The summed E-state index contributed by atoms with van der Waals surface area (Å²) in [5, 5.41) is 8.89. The highest BCUT2D eigenvalue weighted by Crippen LogP contribution is 2.30. The van der Waals surface area contributed by atoms with Gasteiger partial charge in [-0.05, 0) is 85.9 Å². The van der Waals surface area contributed by atoms with Crippen LogP contribution in [0.1, 0.15) is 54.1 Å². The lowest BCUT2D eigenvalue weighted by atomic mass is 9.89. The zero-order valence-electron chi connectivity index (χ0n) is 23.3. The number of nitrogens with zero attached hydrogens (tertiary/aromatic N) is 1.